The number of hydrogen-bond acceptors (Lipinski definition) is 9. The number of aromatic nitrogens is 1. The number of benzene rings is 2. The van der Waals surface area contributed by atoms with Crippen LogP contribution in [-0.2, 0) is 13.1 Å². The number of nitrogens with zero attached hydrogens (tertiary/aromatic N) is 4. The molecule has 10 nitrogen and oxygen atoms in total. The number of anilines is 2. The first-order valence-electron chi connectivity index (χ1n) is 12.0. The van der Waals surface area contributed by atoms with Crippen LogP contribution in [0.2, 0.25) is 0 Å². The molecule has 11 heteroatoms. The van der Waals surface area contributed by atoms with Crippen LogP contribution in [0.4, 0.5) is 16.4 Å². The monoisotopic (exact) mass is 515 g/mol. The Bertz CT molecular complexity index is 1440. The number of amides is 1. The summed E-state index contributed by atoms with van der Waals surface area (Å²) in [5.74, 6) is 0.179. The van der Waals surface area contributed by atoms with Crippen LogP contribution in [0.15, 0.2) is 41.6 Å². The Morgan fingerprint density at radius 3 is 2.81 bits per heavy atom. The molecule has 2 aromatic carbocycles. The van der Waals surface area contributed by atoms with E-state index in [1.807, 2.05) is 13.0 Å². The zero-order valence-corrected chi connectivity index (χ0v) is 20.9. The first kappa shape index (κ1) is 24.4. The standard InChI is InChI=1S/C26H25N7O3S/c1-14(8-15-2-3-15)29-23(28)22-24(34)32-37-25(22)30-19-6-7-20(21(10-19)31-36)26(35)33-12-17-5-4-16(11-27)9-18(17)13-33/h4-7,9-10,14-15,30H,2-3,8,12-13H2,1H3,(H2,28,29)(H,32,34). The maximum atomic E-state index is 13.2. The molecule has 1 fully saturated rings. The SMILES string of the molecule is CC(CC1CC1)NC(=N)c1c(O)nsc1Nc1ccc(C(=O)N2Cc3ccc(C#N)cc3C2)c(N=O)c1. The zero-order chi connectivity index (χ0) is 26.1. The Hall–Kier alpha value is -4.30. The molecule has 0 spiro atoms. The van der Waals surface area contributed by atoms with Gasteiger partial charge < -0.3 is 20.6 Å². The van der Waals surface area contributed by atoms with Gasteiger partial charge in [-0.15, -0.1) is 4.91 Å². The van der Waals surface area contributed by atoms with E-state index in [9.17, 15) is 14.8 Å². The highest BCUT2D eigenvalue weighted by atomic mass is 32.1. The second-order valence-electron chi connectivity index (χ2n) is 9.51. The molecule has 3 aromatic rings. The topological polar surface area (TPSA) is 155 Å². The van der Waals surface area contributed by atoms with E-state index in [1.54, 1.807) is 23.1 Å². The van der Waals surface area contributed by atoms with Gasteiger partial charge in [-0.3, -0.25) is 10.2 Å². The third-order valence-electron chi connectivity index (χ3n) is 6.63. The van der Waals surface area contributed by atoms with Crippen LogP contribution >= 0.6 is 11.5 Å². The first-order valence-corrected chi connectivity index (χ1v) is 12.7. The lowest BCUT2D eigenvalue weighted by Gasteiger charge is -2.17. The summed E-state index contributed by atoms with van der Waals surface area (Å²) in [5.41, 5.74) is 3.28. The van der Waals surface area contributed by atoms with Gasteiger partial charge in [0.25, 0.3) is 5.91 Å². The van der Waals surface area contributed by atoms with Gasteiger partial charge in [0.2, 0.25) is 5.88 Å². The molecule has 0 saturated heterocycles. The summed E-state index contributed by atoms with van der Waals surface area (Å²) >= 11 is 0.994. The fourth-order valence-corrected chi connectivity index (χ4v) is 5.32. The Kier molecular flexibility index (Phi) is 6.58. The van der Waals surface area contributed by atoms with Gasteiger partial charge in [-0.1, -0.05) is 18.9 Å². The Labute approximate surface area is 217 Å². The van der Waals surface area contributed by atoms with Crippen molar-refractivity contribution in [3.8, 4) is 11.9 Å². The smallest absolute Gasteiger partial charge is 0.256 e. The number of carbonyl (C=O) groups is 1. The van der Waals surface area contributed by atoms with Crippen molar-refractivity contribution in [1.29, 1.82) is 10.7 Å². The molecule has 4 N–H and O–H groups in total. The van der Waals surface area contributed by atoms with Gasteiger partial charge in [-0.05, 0) is 77.4 Å². The molecule has 1 saturated carbocycles. The number of nitriles is 1. The summed E-state index contributed by atoms with van der Waals surface area (Å²) < 4.78 is 3.97. The second kappa shape index (κ2) is 9.99. The summed E-state index contributed by atoms with van der Waals surface area (Å²) in [5, 5.41) is 37.6. The third-order valence-corrected chi connectivity index (χ3v) is 7.38. The van der Waals surface area contributed by atoms with Crippen molar-refractivity contribution in [2.24, 2.45) is 11.1 Å². The zero-order valence-electron chi connectivity index (χ0n) is 20.1. The molecule has 1 unspecified atom stereocenters. The largest absolute Gasteiger partial charge is 0.492 e. The van der Waals surface area contributed by atoms with E-state index in [0.29, 0.717) is 35.3 Å². The highest BCUT2D eigenvalue weighted by Gasteiger charge is 2.28. The average molecular weight is 516 g/mol. The van der Waals surface area contributed by atoms with Gasteiger partial charge >= 0.3 is 0 Å². The fraction of sp³-hybridized carbons (Fsp3) is 0.308. The first-order chi connectivity index (χ1) is 17.9. The molecule has 1 amide bonds. The lowest BCUT2D eigenvalue weighted by atomic mass is 10.1. The Balaban J connectivity index is 1.31. The minimum Gasteiger partial charge on any atom is -0.492 e. The molecule has 0 bridgehead atoms. The number of aromatic hydroxyl groups is 1. The fourth-order valence-electron chi connectivity index (χ4n) is 4.60. The van der Waals surface area contributed by atoms with Gasteiger partial charge in [-0.25, -0.2) is 0 Å². The average Bonchev–Trinajstić information content (AvgIpc) is 3.47. The molecule has 2 aliphatic rings. The third kappa shape index (κ3) is 5.15. The van der Waals surface area contributed by atoms with Crippen molar-refractivity contribution in [3.05, 3.63) is 69.1 Å². The number of nitroso groups, excluding NO2 is 1. The molecular weight excluding hydrogens is 490 g/mol. The highest BCUT2D eigenvalue weighted by molar-refractivity contribution is 7.11. The number of fused-ring (bicyclic) bond motifs is 1. The summed E-state index contributed by atoms with van der Waals surface area (Å²) in [4.78, 5) is 26.5. The van der Waals surface area contributed by atoms with Crippen molar-refractivity contribution in [2.45, 2.75) is 45.3 Å². The summed E-state index contributed by atoms with van der Waals surface area (Å²) in [7, 11) is 0. The van der Waals surface area contributed by atoms with E-state index in [0.717, 1.165) is 29.1 Å². The van der Waals surface area contributed by atoms with Crippen molar-refractivity contribution < 1.29 is 9.90 Å². The van der Waals surface area contributed by atoms with Crippen LogP contribution in [0.3, 0.4) is 0 Å². The summed E-state index contributed by atoms with van der Waals surface area (Å²) in [6.07, 6.45) is 3.40. The van der Waals surface area contributed by atoms with Gasteiger partial charge in [0.1, 0.15) is 22.1 Å². The predicted molar refractivity (Wildman–Crippen MR) is 140 cm³/mol. The molecular formula is C26H25N7O3S. The van der Waals surface area contributed by atoms with Crippen LogP contribution < -0.4 is 10.6 Å². The van der Waals surface area contributed by atoms with Crippen LogP contribution in [-0.4, -0.2) is 32.2 Å². The van der Waals surface area contributed by atoms with Crippen molar-refractivity contribution in [1.82, 2.24) is 14.6 Å². The van der Waals surface area contributed by atoms with Crippen LogP contribution in [0.25, 0.3) is 0 Å². The van der Waals surface area contributed by atoms with Crippen LogP contribution in [0.1, 0.15) is 58.8 Å². The lowest BCUT2D eigenvalue weighted by Crippen LogP contribution is -2.33. The van der Waals surface area contributed by atoms with Gasteiger partial charge in [-0.2, -0.15) is 9.64 Å². The summed E-state index contributed by atoms with van der Waals surface area (Å²) in [6, 6.07) is 12.2. The van der Waals surface area contributed by atoms with Gasteiger partial charge in [0.05, 0.1) is 17.2 Å². The minimum absolute atomic E-state index is 0.0229. The molecule has 1 aromatic heterocycles. The van der Waals surface area contributed by atoms with E-state index in [2.05, 4.69) is 26.3 Å². The molecule has 5 rings (SSSR count). The van der Waals surface area contributed by atoms with Gasteiger partial charge in [0, 0.05) is 24.8 Å². The van der Waals surface area contributed by atoms with E-state index in [4.69, 9.17) is 10.7 Å². The highest BCUT2D eigenvalue weighted by Crippen LogP contribution is 2.36. The van der Waals surface area contributed by atoms with Gasteiger partial charge in [0.15, 0.2) is 0 Å². The molecule has 1 aliphatic carbocycles. The molecule has 0 radical (unpaired) electrons. The number of carbonyl (C=O) groups excluding carboxylic acids is 1. The maximum Gasteiger partial charge on any atom is 0.256 e. The lowest BCUT2D eigenvalue weighted by molar-refractivity contribution is 0.0752. The second-order valence-corrected chi connectivity index (χ2v) is 10.3. The van der Waals surface area contributed by atoms with E-state index in [1.165, 1.54) is 25.0 Å². The van der Waals surface area contributed by atoms with Crippen LogP contribution in [0.5, 0.6) is 5.88 Å². The van der Waals surface area contributed by atoms with Crippen molar-refractivity contribution in [2.75, 3.05) is 5.32 Å². The molecule has 188 valence electrons. The van der Waals surface area contributed by atoms with E-state index in [-0.39, 0.29) is 40.5 Å². The Morgan fingerprint density at radius 2 is 2.08 bits per heavy atom. The minimum atomic E-state index is -0.331. The van der Waals surface area contributed by atoms with Crippen LogP contribution in [0, 0.1) is 27.6 Å². The predicted octanol–water partition coefficient (Wildman–Crippen LogP) is 5.12. The number of hydrogen-bond donors (Lipinski definition) is 4. The quantitative estimate of drug-likeness (QED) is 0.184. The van der Waals surface area contributed by atoms with E-state index >= 15 is 0 Å². The number of nitrogens with one attached hydrogen (secondary N) is 3. The number of amidine groups is 1. The molecule has 2 heterocycles. The van der Waals surface area contributed by atoms with E-state index < -0.39 is 0 Å². The van der Waals surface area contributed by atoms with Crippen molar-refractivity contribution >= 4 is 39.7 Å². The summed E-state index contributed by atoms with van der Waals surface area (Å²) in [6.45, 7) is 2.74. The molecule has 37 heavy (non-hydrogen) atoms. The normalized spacial score (nSPS) is 15.0. The Morgan fingerprint density at radius 1 is 1.30 bits per heavy atom. The van der Waals surface area contributed by atoms with Crippen molar-refractivity contribution in [3.63, 3.8) is 0 Å². The maximum absolute atomic E-state index is 13.2. The number of rotatable bonds is 8. The molecule has 1 aliphatic heterocycles. The molecule has 1 atom stereocenters.